The summed E-state index contributed by atoms with van der Waals surface area (Å²) >= 11 is 0. The van der Waals surface area contributed by atoms with Crippen LogP contribution in [0.5, 0.6) is 0 Å². The summed E-state index contributed by atoms with van der Waals surface area (Å²) in [4.78, 5) is 0.237. The molecule has 3 rings (SSSR count). The van der Waals surface area contributed by atoms with E-state index in [0.717, 1.165) is 11.1 Å². The third-order valence-electron chi connectivity index (χ3n) is 4.73. The van der Waals surface area contributed by atoms with E-state index in [4.69, 9.17) is 0 Å². The third-order valence-corrected chi connectivity index (χ3v) is 8.05. The molecule has 146 valence electrons. The van der Waals surface area contributed by atoms with Crippen LogP contribution in [0.3, 0.4) is 0 Å². The molecule has 0 saturated carbocycles. The molecule has 1 N–H and O–H groups in total. The highest BCUT2D eigenvalue weighted by Gasteiger charge is 2.26. The molecule has 1 heterocycles. The van der Waals surface area contributed by atoms with Gasteiger partial charge in [0.15, 0.2) is 0 Å². The van der Waals surface area contributed by atoms with Gasteiger partial charge in [-0.15, -0.1) is 0 Å². The summed E-state index contributed by atoms with van der Waals surface area (Å²) in [6.45, 7) is 5.76. The van der Waals surface area contributed by atoms with Crippen LogP contribution in [0.15, 0.2) is 41.3 Å². The molecule has 0 radical (unpaired) electrons. The quantitative estimate of drug-likeness (QED) is 0.823. The molecule has 0 unspecified atom stereocenters. The Bertz CT molecular complexity index is 1080. The molecule has 0 aromatic heterocycles. The van der Waals surface area contributed by atoms with Gasteiger partial charge in [0.1, 0.15) is 0 Å². The Morgan fingerprint density at radius 2 is 1.78 bits per heavy atom. The number of nitrogens with zero attached hydrogens (tertiary/aromatic N) is 1. The van der Waals surface area contributed by atoms with Crippen molar-refractivity contribution in [1.29, 1.82) is 0 Å². The van der Waals surface area contributed by atoms with Crippen molar-refractivity contribution < 1.29 is 16.8 Å². The Morgan fingerprint density at radius 3 is 2.44 bits per heavy atom. The molecule has 0 fully saturated rings. The monoisotopic (exact) mass is 408 g/mol. The highest BCUT2D eigenvalue weighted by atomic mass is 32.2. The van der Waals surface area contributed by atoms with Crippen molar-refractivity contribution in [3.8, 4) is 0 Å². The lowest BCUT2D eigenvalue weighted by molar-refractivity contribution is 0.587. The number of fused-ring (bicyclic) bond motifs is 1. The Balaban J connectivity index is 1.94. The fourth-order valence-corrected chi connectivity index (χ4v) is 5.86. The van der Waals surface area contributed by atoms with Gasteiger partial charge in [-0.2, -0.15) is 0 Å². The van der Waals surface area contributed by atoms with Gasteiger partial charge in [0.05, 0.1) is 16.3 Å². The lowest BCUT2D eigenvalue weighted by Gasteiger charge is -2.30. The molecule has 2 aromatic carbocycles. The molecule has 0 saturated heterocycles. The summed E-state index contributed by atoms with van der Waals surface area (Å²) < 4.78 is 54.1. The number of anilines is 2. The van der Waals surface area contributed by atoms with Crippen molar-refractivity contribution in [1.82, 2.24) is 0 Å². The fourth-order valence-electron chi connectivity index (χ4n) is 3.38. The molecule has 0 amide bonds. The first-order valence-electron chi connectivity index (χ1n) is 8.87. The van der Waals surface area contributed by atoms with Crippen LogP contribution in [0, 0.1) is 13.8 Å². The van der Waals surface area contributed by atoms with E-state index in [1.54, 1.807) is 44.2 Å². The summed E-state index contributed by atoms with van der Waals surface area (Å²) in [5.74, 6) is 0.0352. The van der Waals surface area contributed by atoms with Crippen LogP contribution in [0.1, 0.15) is 30.0 Å². The molecule has 0 spiro atoms. The number of aryl methyl sites for hydroxylation is 3. The molecule has 0 bridgehead atoms. The second kappa shape index (κ2) is 7.16. The number of nitrogens with one attached hydrogen (secondary N) is 1. The van der Waals surface area contributed by atoms with E-state index in [9.17, 15) is 16.8 Å². The summed E-state index contributed by atoms with van der Waals surface area (Å²) in [5, 5.41) is 0. The van der Waals surface area contributed by atoms with E-state index in [1.165, 1.54) is 4.31 Å². The Morgan fingerprint density at radius 1 is 1.04 bits per heavy atom. The van der Waals surface area contributed by atoms with Crippen molar-refractivity contribution in [3.63, 3.8) is 0 Å². The van der Waals surface area contributed by atoms with Gasteiger partial charge in [0.25, 0.3) is 10.0 Å². The molecule has 0 aliphatic carbocycles. The molecular formula is C19H24N2O4S2. The highest BCUT2D eigenvalue weighted by Crippen LogP contribution is 2.32. The molecule has 6 nitrogen and oxygen atoms in total. The number of hydrogen-bond donors (Lipinski definition) is 1. The largest absolute Gasteiger partial charge is 0.280 e. The zero-order valence-electron chi connectivity index (χ0n) is 15.7. The Hall–Kier alpha value is -2.06. The predicted octanol–water partition coefficient (Wildman–Crippen LogP) is 3.21. The van der Waals surface area contributed by atoms with Gasteiger partial charge in [-0.25, -0.2) is 16.8 Å². The minimum Gasteiger partial charge on any atom is -0.280 e. The van der Waals surface area contributed by atoms with Crippen LogP contribution >= 0.6 is 0 Å². The van der Waals surface area contributed by atoms with E-state index in [-0.39, 0.29) is 10.6 Å². The summed E-state index contributed by atoms with van der Waals surface area (Å²) in [6, 6.07) is 10.2. The van der Waals surface area contributed by atoms with Crippen LogP contribution in [0.2, 0.25) is 0 Å². The van der Waals surface area contributed by atoms with Crippen molar-refractivity contribution in [2.24, 2.45) is 0 Å². The van der Waals surface area contributed by atoms with Crippen LogP contribution < -0.4 is 9.03 Å². The standard InChI is InChI=1S/C19H24N2O4S2/c1-4-26(22,23)21-11-5-6-16-13-17(8-9-18(16)21)20-27(24,25)19-10-7-14(2)12-15(19)3/h7-10,12-13,20H,4-6,11H2,1-3H3. The zero-order chi connectivity index (χ0) is 19.8. The first-order chi connectivity index (χ1) is 12.6. The van der Waals surface area contributed by atoms with Gasteiger partial charge >= 0.3 is 0 Å². The van der Waals surface area contributed by atoms with Crippen LogP contribution in [-0.2, 0) is 26.5 Å². The molecule has 2 aromatic rings. The van der Waals surface area contributed by atoms with Crippen LogP contribution in [-0.4, -0.2) is 29.1 Å². The van der Waals surface area contributed by atoms with E-state index in [0.29, 0.717) is 36.3 Å². The number of hydrogen-bond acceptors (Lipinski definition) is 4. The molecule has 27 heavy (non-hydrogen) atoms. The van der Waals surface area contributed by atoms with Gasteiger partial charge in [-0.05, 0) is 69.0 Å². The maximum Gasteiger partial charge on any atom is 0.262 e. The number of rotatable bonds is 5. The Kier molecular flexibility index (Phi) is 5.22. The second-order valence-corrected chi connectivity index (χ2v) is 10.6. The minimum atomic E-state index is -3.72. The fraction of sp³-hybridized carbons (Fsp3) is 0.368. The maximum atomic E-state index is 12.8. The predicted molar refractivity (Wildman–Crippen MR) is 108 cm³/mol. The maximum absolute atomic E-state index is 12.8. The zero-order valence-corrected chi connectivity index (χ0v) is 17.3. The van der Waals surface area contributed by atoms with Gasteiger partial charge in [0, 0.05) is 12.2 Å². The van der Waals surface area contributed by atoms with Crippen molar-refractivity contribution in [3.05, 3.63) is 53.1 Å². The SMILES string of the molecule is CCS(=O)(=O)N1CCCc2cc(NS(=O)(=O)c3ccc(C)cc3C)ccc21. The van der Waals surface area contributed by atoms with E-state index in [2.05, 4.69) is 4.72 Å². The van der Waals surface area contributed by atoms with Gasteiger partial charge in [-0.1, -0.05) is 17.7 Å². The van der Waals surface area contributed by atoms with E-state index in [1.807, 2.05) is 13.0 Å². The molecule has 1 aliphatic rings. The number of benzene rings is 2. The van der Waals surface area contributed by atoms with Crippen LogP contribution in [0.25, 0.3) is 0 Å². The van der Waals surface area contributed by atoms with Crippen molar-refractivity contribution in [2.75, 3.05) is 21.3 Å². The van der Waals surface area contributed by atoms with Gasteiger partial charge in [-0.3, -0.25) is 9.03 Å². The molecule has 8 heteroatoms. The third kappa shape index (κ3) is 3.96. The first kappa shape index (κ1) is 19.7. The average molecular weight is 409 g/mol. The normalized spacial score (nSPS) is 14.7. The van der Waals surface area contributed by atoms with Gasteiger partial charge < -0.3 is 0 Å². The van der Waals surface area contributed by atoms with E-state index >= 15 is 0 Å². The summed E-state index contributed by atoms with van der Waals surface area (Å²) in [7, 11) is -7.06. The highest BCUT2D eigenvalue weighted by molar-refractivity contribution is 7.93. The molecular weight excluding hydrogens is 384 g/mol. The van der Waals surface area contributed by atoms with E-state index < -0.39 is 20.0 Å². The lowest BCUT2D eigenvalue weighted by Crippen LogP contribution is -2.36. The lowest BCUT2D eigenvalue weighted by atomic mass is 10.0. The summed E-state index contributed by atoms with van der Waals surface area (Å²) in [5.41, 5.74) is 3.58. The topological polar surface area (TPSA) is 83.6 Å². The Labute approximate surface area is 161 Å². The average Bonchev–Trinajstić information content (AvgIpc) is 2.60. The summed E-state index contributed by atoms with van der Waals surface area (Å²) in [6.07, 6.45) is 1.42. The molecule has 0 atom stereocenters. The second-order valence-electron chi connectivity index (χ2n) is 6.79. The first-order valence-corrected chi connectivity index (χ1v) is 12.0. The van der Waals surface area contributed by atoms with Crippen molar-refractivity contribution >= 4 is 31.4 Å². The smallest absolute Gasteiger partial charge is 0.262 e. The van der Waals surface area contributed by atoms with Gasteiger partial charge in [0.2, 0.25) is 10.0 Å². The minimum absolute atomic E-state index is 0.0352. The van der Waals surface area contributed by atoms with Crippen molar-refractivity contribution in [2.45, 2.75) is 38.5 Å². The van der Waals surface area contributed by atoms with Crippen LogP contribution in [0.4, 0.5) is 11.4 Å². The molecule has 1 aliphatic heterocycles. The number of sulfonamides is 2.